The van der Waals surface area contributed by atoms with Crippen LogP contribution in [0.15, 0.2) is 63.7 Å². The number of nitro benzene ring substituents is 1. The number of phenolic OH excluding ortho intramolecular Hbond substituents is 1. The van der Waals surface area contributed by atoms with Gasteiger partial charge in [0.25, 0.3) is 15.8 Å². The van der Waals surface area contributed by atoms with E-state index < -0.39 is 31.6 Å². The molecule has 0 amide bonds. The minimum Gasteiger partial charge on any atom is -0.507 e. The minimum absolute atomic E-state index is 0.0560. The van der Waals surface area contributed by atoms with Gasteiger partial charge >= 0.3 is 5.97 Å². The molecule has 0 spiro atoms. The Hall–Kier alpha value is -3.55. The van der Waals surface area contributed by atoms with Gasteiger partial charge in [-0.3, -0.25) is 14.7 Å². The minimum atomic E-state index is -4.66. The van der Waals surface area contributed by atoms with Gasteiger partial charge in [-0.1, -0.05) is 12.1 Å². The van der Waals surface area contributed by atoms with E-state index in [4.69, 9.17) is 0 Å². The van der Waals surface area contributed by atoms with E-state index in [-0.39, 0.29) is 33.5 Å². The van der Waals surface area contributed by atoms with E-state index in [9.17, 15) is 33.0 Å². The van der Waals surface area contributed by atoms with Crippen LogP contribution in [0.5, 0.6) is 5.75 Å². The van der Waals surface area contributed by atoms with Crippen molar-refractivity contribution in [3.63, 3.8) is 0 Å². The molecule has 0 saturated carbocycles. The van der Waals surface area contributed by atoms with E-state index >= 15 is 0 Å². The first-order valence-electron chi connectivity index (χ1n) is 7.91. The molecule has 3 rings (SSSR count). The Kier molecular flexibility index (Phi) is 5.69. The average molecular weight is 449 g/mol. The van der Waals surface area contributed by atoms with Gasteiger partial charge in [-0.05, 0) is 24.3 Å². The summed E-state index contributed by atoms with van der Waals surface area (Å²) in [5.41, 5.74) is -0.878. The van der Waals surface area contributed by atoms with E-state index in [1.165, 1.54) is 24.3 Å². The van der Waals surface area contributed by atoms with Crippen LogP contribution in [0.3, 0.4) is 0 Å². The fourth-order valence-electron chi connectivity index (χ4n) is 2.68. The Bertz CT molecular complexity index is 1320. The maximum atomic E-state index is 11.9. The summed E-state index contributed by atoms with van der Waals surface area (Å²) in [4.78, 5) is 21.6. The average Bonchev–Trinajstić information content (AvgIpc) is 2.71. The number of carbonyl (C=O) groups is 1. The molecular formula is C17H11N3O8S2. The summed E-state index contributed by atoms with van der Waals surface area (Å²) >= 11 is 3.39. The molecule has 0 aliphatic carbocycles. The van der Waals surface area contributed by atoms with Crippen LogP contribution in [0.2, 0.25) is 0 Å². The van der Waals surface area contributed by atoms with E-state index in [0.717, 1.165) is 24.3 Å². The third-order valence-corrected chi connectivity index (χ3v) is 5.06. The molecule has 3 aromatic carbocycles. The Balaban J connectivity index is 2.22. The van der Waals surface area contributed by atoms with Crippen molar-refractivity contribution in [3.8, 4) is 5.75 Å². The second kappa shape index (κ2) is 8.06. The summed E-state index contributed by atoms with van der Waals surface area (Å²) in [6.45, 7) is 0. The first-order chi connectivity index (χ1) is 14.1. The molecule has 0 atom stereocenters. The number of phenols is 1. The van der Waals surface area contributed by atoms with Gasteiger partial charge in [0.15, 0.2) is 0 Å². The largest absolute Gasteiger partial charge is 0.507 e. The monoisotopic (exact) mass is 449 g/mol. The number of hydrogen-bond acceptors (Lipinski definition) is 10. The lowest BCUT2D eigenvalue weighted by Crippen LogP contribution is -2.00. The van der Waals surface area contributed by atoms with Crippen molar-refractivity contribution in [1.29, 1.82) is 0 Å². The standard InChI is InChI=1S/C17H11N3O8S2/c21-14-7-6-13(16-10(14)2-1-3-15(16)30(25,26)27)19-18-12-5-4-9(20(23)24)8-11(12)17(22)28-29/h1-8,21,29H,(H,25,26,27)/b19-18+. The summed E-state index contributed by atoms with van der Waals surface area (Å²) in [6, 6.07) is 9.49. The fraction of sp³-hybridized carbons (Fsp3) is 0. The molecule has 0 aliphatic rings. The number of benzene rings is 3. The lowest BCUT2D eigenvalue weighted by Gasteiger charge is -2.08. The first-order valence-corrected chi connectivity index (χ1v) is 9.72. The van der Waals surface area contributed by atoms with Crippen molar-refractivity contribution in [2.75, 3.05) is 0 Å². The van der Waals surface area contributed by atoms with E-state index in [2.05, 4.69) is 27.3 Å². The van der Waals surface area contributed by atoms with Gasteiger partial charge in [-0.15, -0.1) is 10.2 Å². The van der Waals surface area contributed by atoms with Crippen molar-refractivity contribution in [3.05, 3.63) is 64.2 Å². The lowest BCUT2D eigenvalue weighted by atomic mass is 10.1. The van der Waals surface area contributed by atoms with Gasteiger partial charge in [-0.2, -0.15) is 8.42 Å². The molecule has 2 N–H and O–H groups in total. The normalized spacial score (nSPS) is 11.7. The first kappa shape index (κ1) is 21.2. The number of rotatable bonds is 5. The molecule has 3 aromatic rings. The summed E-state index contributed by atoms with van der Waals surface area (Å²) in [6.07, 6.45) is 0. The second-order valence-corrected chi connectivity index (χ2v) is 7.37. The highest BCUT2D eigenvalue weighted by Gasteiger charge is 2.20. The Morgan fingerprint density at radius 3 is 2.40 bits per heavy atom. The number of aromatic hydroxyl groups is 1. The van der Waals surface area contributed by atoms with Gasteiger partial charge in [-0.25, -0.2) is 4.79 Å². The number of nitrogens with zero attached hydrogens (tertiary/aromatic N) is 3. The van der Waals surface area contributed by atoms with Crippen LogP contribution in [-0.4, -0.2) is 29.0 Å². The Morgan fingerprint density at radius 2 is 1.77 bits per heavy atom. The molecule has 0 unspecified atom stereocenters. The zero-order valence-corrected chi connectivity index (χ0v) is 16.4. The van der Waals surface area contributed by atoms with Crippen LogP contribution < -0.4 is 0 Å². The molecule has 0 aromatic heterocycles. The molecular weight excluding hydrogens is 438 g/mol. The summed E-state index contributed by atoms with van der Waals surface area (Å²) in [7, 11) is -4.66. The fourth-order valence-corrected chi connectivity index (χ4v) is 3.50. The zero-order valence-electron chi connectivity index (χ0n) is 14.7. The van der Waals surface area contributed by atoms with Crippen molar-refractivity contribution < 1.29 is 32.0 Å². The van der Waals surface area contributed by atoms with E-state index in [0.29, 0.717) is 0 Å². The number of azo groups is 1. The molecule has 0 saturated heterocycles. The number of hydrogen-bond donors (Lipinski definition) is 3. The quantitative estimate of drug-likeness (QED) is 0.130. The third kappa shape index (κ3) is 4.07. The number of non-ortho nitro benzene ring substituents is 1. The maximum Gasteiger partial charge on any atom is 0.352 e. The molecule has 0 fully saturated rings. The summed E-state index contributed by atoms with van der Waals surface area (Å²) < 4.78 is 37.3. The molecule has 0 bridgehead atoms. The predicted molar refractivity (Wildman–Crippen MR) is 107 cm³/mol. The van der Waals surface area contributed by atoms with Crippen molar-refractivity contribution in [2.45, 2.75) is 4.90 Å². The van der Waals surface area contributed by atoms with Crippen LogP contribution in [-0.2, 0) is 14.3 Å². The third-order valence-electron chi connectivity index (χ3n) is 3.99. The summed E-state index contributed by atoms with van der Waals surface area (Å²) in [5.74, 6) is -1.28. The van der Waals surface area contributed by atoms with E-state index in [1.54, 1.807) is 0 Å². The lowest BCUT2D eigenvalue weighted by molar-refractivity contribution is -0.384. The highest BCUT2D eigenvalue weighted by molar-refractivity contribution is 7.86. The Labute approximate surface area is 174 Å². The smallest absolute Gasteiger partial charge is 0.352 e. The van der Waals surface area contributed by atoms with Gasteiger partial charge in [0, 0.05) is 35.8 Å². The molecule has 30 heavy (non-hydrogen) atoms. The zero-order chi connectivity index (χ0) is 22.1. The van der Waals surface area contributed by atoms with Crippen LogP contribution in [0.4, 0.5) is 17.1 Å². The molecule has 0 radical (unpaired) electrons. The maximum absolute atomic E-state index is 11.9. The van der Waals surface area contributed by atoms with Crippen LogP contribution >= 0.6 is 12.9 Å². The number of carbonyl (C=O) groups excluding carboxylic acids is 1. The SMILES string of the molecule is O=C(OS)c1cc([N+](=O)[O-])ccc1/N=N/c1ccc(O)c2cccc(S(=O)(=O)O)c12. The highest BCUT2D eigenvalue weighted by Crippen LogP contribution is 2.38. The van der Waals surface area contributed by atoms with Gasteiger partial charge < -0.3 is 9.29 Å². The molecule has 13 heteroatoms. The number of thiol groups is 1. The summed E-state index contributed by atoms with van der Waals surface area (Å²) in [5, 5.41) is 28.7. The highest BCUT2D eigenvalue weighted by atomic mass is 32.2. The second-order valence-electron chi connectivity index (χ2n) is 5.79. The van der Waals surface area contributed by atoms with Crippen molar-refractivity contribution in [2.24, 2.45) is 10.2 Å². The van der Waals surface area contributed by atoms with Crippen molar-refractivity contribution >= 4 is 56.8 Å². The van der Waals surface area contributed by atoms with Gasteiger partial charge in [0.05, 0.1) is 16.2 Å². The molecule has 154 valence electrons. The topological polar surface area (TPSA) is 169 Å². The predicted octanol–water partition coefficient (Wildman–Crippen LogP) is 4.12. The van der Waals surface area contributed by atoms with E-state index in [1.807, 2.05) is 0 Å². The van der Waals surface area contributed by atoms with Crippen LogP contribution in [0, 0.1) is 10.1 Å². The van der Waals surface area contributed by atoms with Gasteiger partial charge in [0.2, 0.25) is 0 Å². The molecule has 0 heterocycles. The number of fused-ring (bicyclic) bond motifs is 1. The van der Waals surface area contributed by atoms with Crippen molar-refractivity contribution in [1.82, 2.24) is 0 Å². The molecule has 11 nitrogen and oxygen atoms in total. The Morgan fingerprint density at radius 1 is 1.10 bits per heavy atom. The van der Waals surface area contributed by atoms with Crippen LogP contribution in [0.25, 0.3) is 10.8 Å². The van der Waals surface area contributed by atoms with Gasteiger partial charge in [0.1, 0.15) is 16.3 Å². The number of nitro groups is 1. The van der Waals surface area contributed by atoms with Crippen LogP contribution in [0.1, 0.15) is 10.4 Å². The molecule has 0 aliphatic heterocycles.